The molecule has 0 fully saturated rings. The van der Waals surface area contributed by atoms with Crippen LogP contribution in [-0.4, -0.2) is 48.6 Å². The van der Waals surface area contributed by atoms with Gasteiger partial charge in [0.05, 0.1) is 39.3 Å². The molecule has 0 saturated carbocycles. The lowest BCUT2D eigenvalue weighted by molar-refractivity contribution is -0.139. The van der Waals surface area contributed by atoms with Crippen LogP contribution >= 0.6 is 0 Å². The first-order chi connectivity index (χ1) is 14.8. The molecule has 0 amide bonds. The lowest BCUT2D eigenvalue weighted by atomic mass is 10.0. The Morgan fingerprint density at radius 1 is 0.710 bits per heavy atom. The highest BCUT2D eigenvalue weighted by Crippen LogP contribution is 2.11. The van der Waals surface area contributed by atoms with Crippen LogP contribution in [0.2, 0.25) is 0 Å². The average Bonchev–Trinajstić information content (AvgIpc) is 2.71. The third kappa shape index (κ3) is 13.3. The van der Waals surface area contributed by atoms with Gasteiger partial charge in [-0.05, 0) is 50.3 Å². The minimum atomic E-state index is -0.815. The van der Waals surface area contributed by atoms with Crippen molar-refractivity contribution in [2.75, 3.05) is 26.4 Å². The molecule has 0 bridgehead atoms. The Balaban J connectivity index is 0.000000311. The molecule has 2 N–H and O–H groups in total. The van der Waals surface area contributed by atoms with Crippen LogP contribution in [0.1, 0.15) is 40.7 Å². The molecule has 2 rings (SSSR count). The van der Waals surface area contributed by atoms with Gasteiger partial charge in [0, 0.05) is 0 Å². The Morgan fingerprint density at radius 3 is 1.77 bits per heavy atom. The first-order valence-corrected chi connectivity index (χ1v) is 10.5. The van der Waals surface area contributed by atoms with E-state index in [4.69, 9.17) is 19.7 Å². The molecule has 0 aromatic heterocycles. The number of rotatable bonds is 12. The fraction of sp³-hybridized carbons (Fsp3) is 0.440. The Kier molecular flexibility index (Phi) is 12.9. The smallest absolute Gasteiger partial charge is 0.305 e. The zero-order valence-corrected chi connectivity index (χ0v) is 18.7. The van der Waals surface area contributed by atoms with Gasteiger partial charge in [-0.3, -0.25) is 9.59 Å². The van der Waals surface area contributed by atoms with Gasteiger partial charge >= 0.3 is 11.9 Å². The lowest BCUT2D eigenvalue weighted by Crippen LogP contribution is -2.06. The second kappa shape index (κ2) is 15.2. The molecule has 0 radical (unpaired) electrons. The molecule has 0 atom stereocenters. The summed E-state index contributed by atoms with van der Waals surface area (Å²) >= 11 is 0. The Morgan fingerprint density at radius 2 is 1.23 bits per heavy atom. The first kappa shape index (κ1) is 26.3. The van der Waals surface area contributed by atoms with E-state index in [2.05, 4.69) is 56.3 Å². The Hall–Kier alpha value is -2.70. The van der Waals surface area contributed by atoms with Gasteiger partial charge in [0.15, 0.2) is 0 Å². The van der Waals surface area contributed by atoms with Crippen molar-refractivity contribution in [3.05, 3.63) is 70.3 Å². The van der Waals surface area contributed by atoms with E-state index in [0.717, 1.165) is 12.8 Å². The van der Waals surface area contributed by atoms with Crippen LogP contribution in [0.15, 0.2) is 42.5 Å². The highest BCUT2D eigenvalue weighted by Gasteiger charge is 2.00. The number of carboxylic acids is 2. The average molecular weight is 431 g/mol. The van der Waals surface area contributed by atoms with Gasteiger partial charge in [0.1, 0.15) is 0 Å². The van der Waals surface area contributed by atoms with Crippen molar-refractivity contribution >= 4 is 11.9 Å². The summed E-state index contributed by atoms with van der Waals surface area (Å²) < 4.78 is 10.5. The second-order valence-electron chi connectivity index (χ2n) is 7.43. The third-order valence-corrected chi connectivity index (χ3v) is 4.60. The number of aliphatic carboxylic acids is 2. The summed E-state index contributed by atoms with van der Waals surface area (Å²) in [5.41, 5.74) is 6.23. The maximum absolute atomic E-state index is 10.3. The van der Waals surface area contributed by atoms with Gasteiger partial charge in [-0.2, -0.15) is 0 Å². The molecule has 0 saturated heterocycles. The number of hydrogen-bond donors (Lipinski definition) is 2. The zero-order chi connectivity index (χ0) is 23.1. The molecule has 31 heavy (non-hydrogen) atoms. The molecule has 0 unspecified atom stereocenters. The normalized spacial score (nSPS) is 10.3. The highest BCUT2D eigenvalue weighted by atomic mass is 16.5. The molecule has 0 heterocycles. The predicted molar refractivity (Wildman–Crippen MR) is 121 cm³/mol. The van der Waals surface area contributed by atoms with Crippen LogP contribution in [0.5, 0.6) is 0 Å². The summed E-state index contributed by atoms with van der Waals surface area (Å²) in [5, 5.41) is 16.8. The number of carbonyl (C=O) groups is 2. The predicted octanol–water partition coefficient (Wildman–Crippen LogP) is 4.37. The van der Waals surface area contributed by atoms with Gasteiger partial charge in [-0.15, -0.1) is 0 Å². The summed E-state index contributed by atoms with van der Waals surface area (Å²) in [4.78, 5) is 20.4. The largest absolute Gasteiger partial charge is 0.481 e. The maximum Gasteiger partial charge on any atom is 0.305 e. The number of ether oxygens (including phenoxy) is 2. The molecule has 0 spiro atoms. The minimum absolute atomic E-state index is 0.0762. The van der Waals surface area contributed by atoms with Crippen molar-refractivity contribution in [3.8, 4) is 0 Å². The van der Waals surface area contributed by atoms with E-state index in [1.54, 1.807) is 0 Å². The summed E-state index contributed by atoms with van der Waals surface area (Å²) in [6.07, 6.45) is 1.83. The number of carboxylic acid groups (broad SMARTS) is 2. The van der Waals surface area contributed by atoms with Crippen molar-refractivity contribution in [2.24, 2.45) is 0 Å². The van der Waals surface area contributed by atoms with Crippen molar-refractivity contribution in [3.63, 3.8) is 0 Å². The van der Waals surface area contributed by atoms with Gasteiger partial charge in [-0.1, -0.05) is 53.6 Å². The Bertz CT molecular complexity index is 798. The van der Waals surface area contributed by atoms with E-state index in [9.17, 15) is 9.59 Å². The van der Waals surface area contributed by atoms with Crippen LogP contribution in [0.3, 0.4) is 0 Å². The van der Waals surface area contributed by atoms with Crippen molar-refractivity contribution in [2.45, 2.75) is 46.5 Å². The van der Waals surface area contributed by atoms with Crippen LogP contribution < -0.4 is 0 Å². The standard InChI is InChI=1S/C13H18O3.C12H16O3/c1-10-3-4-11(2)12(9-10)5-7-16-8-6-13(14)15;1-10-2-4-11(5-3-10)6-8-15-9-7-12(13)14/h3-4,9H,5-8H2,1-2H3,(H,14,15);2-5H,6-9H2,1H3,(H,13,14). The molecular weight excluding hydrogens is 396 g/mol. The highest BCUT2D eigenvalue weighted by molar-refractivity contribution is 5.67. The number of hydrogen-bond acceptors (Lipinski definition) is 4. The van der Waals surface area contributed by atoms with Crippen LogP contribution in [0.4, 0.5) is 0 Å². The molecule has 6 nitrogen and oxygen atoms in total. The van der Waals surface area contributed by atoms with Crippen LogP contribution in [0, 0.1) is 20.8 Å². The van der Waals surface area contributed by atoms with Crippen LogP contribution in [0.25, 0.3) is 0 Å². The van der Waals surface area contributed by atoms with E-state index < -0.39 is 11.9 Å². The van der Waals surface area contributed by atoms with E-state index in [-0.39, 0.29) is 12.8 Å². The monoisotopic (exact) mass is 430 g/mol. The van der Waals surface area contributed by atoms with Gasteiger partial charge in [0.25, 0.3) is 0 Å². The van der Waals surface area contributed by atoms with Crippen molar-refractivity contribution in [1.82, 2.24) is 0 Å². The van der Waals surface area contributed by atoms with E-state index in [0.29, 0.717) is 26.4 Å². The van der Waals surface area contributed by atoms with E-state index >= 15 is 0 Å². The molecule has 6 heteroatoms. The lowest BCUT2D eigenvalue weighted by Gasteiger charge is -2.07. The minimum Gasteiger partial charge on any atom is -0.481 e. The fourth-order valence-corrected chi connectivity index (χ4v) is 2.72. The topological polar surface area (TPSA) is 93.1 Å². The zero-order valence-electron chi connectivity index (χ0n) is 18.7. The van der Waals surface area contributed by atoms with Crippen LogP contribution in [-0.2, 0) is 31.9 Å². The number of benzene rings is 2. The third-order valence-electron chi connectivity index (χ3n) is 4.60. The molecular formula is C25H34O6. The summed E-state index contributed by atoms with van der Waals surface area (Å²) in [6, 6.07) is 14.6. The van der Waals surface area contributed by atoms with E-state index in [1.807, 2.05) is 6.92 Å². The van der Waals surface area contributed by atoms with Gasteiger partial charge in [0.2, 0.25) is 0 Å². The van der Waals surface area contributed by atoms with Crippen molar-refractivity contribution in [1.29, 1.82) is 0 Å². The summed E-state index contributed by atoms with van der Waals surface area (Å²) in [7, 11) is 0. The summed E-state index contributed by atoms with van der Waals surface area (Å²) in [5.74, 6) is -1.63. The molecule has 0 aliphatic heterocycles. The van der Waals surface area contributed by atoms with Gasteiger partial charge in [-0.25, -0.2) is 0 Å². The molecule has 2 aromatic rings. The molecule has 0 aliphatic rings. The molecule has 0 aliphatic carbocycles. The van der Waals surface area contributed by atoms with Crippen molar-refractivity contribution < 1.29 is 29.3 Å². The summed E-state index contributed by atoms with van der Waals surface area (Å²) in [6.45, 7) is 7.93. The quantitative estimate of drug-likeness (QED) is 0.486. The first-order valence-electron chi connectivity index (χ1n) is 10.5. The fourth-order valence-electron chi connectivity index (χ4n) is 2.72. The SMILES string of the molecule is Cc1ccc(C)c(CCOCCC(=O)O)c1.Cc1ccc(CCOCCC(=O)O)cc1. The van der Waals surface area contributed by atoms with E-state index in [1.165, 1.54) is 27.8 Å². The molecule has 170 valence electrons. The van der Waals surface area contributed by atoms with Gasteiger partial charge < -0.3 is 19.7 Å². The number of aryl methyl sites for hydroxylation is 3. The molecule has 2 aromatic carbocycles. The Labute approximate surface area is 184 Å². The maximum atomic E-state index is 10.3. The second-order valence-corrected chi connectivity index (χ2v) is 7.43.